The molecule has 0 N–H and O–H groups in total. The van der Waals surface area contributed by atoms with Gasteiger partial charge in [0.05, 0.1) is 49.4 Å². The van der Waals surface area contributed by atoms with Gasteiger partial charge in [-0.2, -0.15) is 0 Å². The average Bonchev–Trinajstić information content (AvgIpc) is 3.29. The molecular weight excluding hydrogens is 376 g/mol. The second kappa shape index (κ2) is 13.1. The van der Waals surface area contributed by atoms with Crippen LogP contribution >= 0.6 is 22.7 Å². The zero-order valence-corrected chi connectivity index (χ0v) is 16.7. The van der Waals surface area contributed by atoms with E-state index in [0.717, 1.165) is 21.3 Å². The van der Waals surface area contributed by atoms with Crippen molar-refractivity contribution in [2.24, 2.45) is 0 Å². The standard InChI is InChI=1S/C18H24O6S2/c1-19-5-7-21-9-11-23-15-3-13-25-17(15)18-16(4-14-26-18)24-12-10-22-8-6-20-2/h3-4H,5-12H2,1-2H3. The highest BCUT2D eigenvalue weighted by atomic mass is 32.1. The molecule has 0 aliphatic carbocycles. The van der Waals surface area contributed by atoms with Gasteiger partial charge in [-0.25, -0.2) is 0 Å². The van der Waals surface area contributed by atoms with Gasteiger partial charge in [0.15, 0.2) is 0 Å². The highest BCUT2D eigenvalue weighted by Gasteiger charge is 2.15. The van der Waals surface area contributed by atoms with Gasteiger partial charge in [-0.1, -0.05) is 0 Å². The first-order valence-corrected chi connectivity index (χ1v) is 9.89. The van der Waals surface area contributed by atoms with E-state index >= 15 is 0 Å². The Balaban J connectivity index is 1.80. The zero-order chi connectivity index (χ0) is 18.5. The van der Waals surface area contributed by atoms with Crippen LogP contribution in [0.25, 0.3) is 9.75 Å². The predicted octanol–water partition coefficient (Wildman–Crippen LogP) is 3.16. The summed E-state index contributed by atoms with van der Waals surface area (Å²) in [5, 5.41) is 6.24. The van der Waals surface area contributed by atoms with E-state index < -0.39 is 0 Å². The molecular formula is C18H24O6S2. The summed E-state index contributed by atoms with van der Waals surface area (Å²) in [4.78, 5) is 1.98. The molecule has 0 aromatic carbocycles. The van der Waals surface area contributed by atoms with Gasteiger partial charge in [-0.15, -0.1) is 22.7 Å². The average molecular weight is 401 g/mol. The van der Waals surface area contributed by atoms with Gasteiger partial charge in [-0.05, 0) is 0 Å². The summed E-state index contributed by atoms with van der Waals surface area (Å²) in [5.74, 6) is 1.56. The highest BCUT2D eigenvalue weighted by molar-refractivity contribution is 7.20. The molecule has 0 saturated heterocycles. The monoisotopic (exact) mass is 400 g/mol. The molecule has 0 bridgehead atoms. The Morgan fingerprint density at radius 1 is 0.654 bits per heavy atom. The third-order valence-corrected chi connectivity index (χ3v) is 5.01. The largest absolute Gasteiger partial charge is 0.490 e. The molecule has 0 unspecified atom stereocenters. The van der Waals surface area contributed by atoms with Gasteiger partial charge in [-0.3, -0.25) is 0 Å². The molecule has 8 heteroatoms. The van der Waals surface area contributed by atoms with Crippen LogP contribution in [0.15, 0.2) is 12.1 Å². The van der Waals surface area contributed by atoms with Crippen molar-refractivity contribution in [2.75, 3.05) is 67.1 Å². The second-order valence-corrected chi connectivity index (χ2v) is 6.72. The van der Waals surface area contributed by atoms with Crippen LogP contribution in [0.5, 0.6) is 11.5 Å². The molecule has 0 saturated carbocycles. The Hall–Kier alpha value is -1.16. The molecule has 2 heterocycles. The van der Waals surface area contributed by atoms with E-state index in [4.69, 9.17) is 28.4 Å². The SMILES string of the molecule is COCCOCCOc1c[c]sc1-c1s[c]cc1OCCOCCOC. The van der Waals surface area contributed by atoms with Crippen LogP contribution in [-0.4, -0.2) is 67.1 Å². The number of methoxy groups -OCH3 is 2. The predicted molar refractivity (Wildman–Crippen MR) is 102 cm³/mol. The van der Waals surface area contributed by atoms with Gasteiger partial charge < -0.3 is 28.4 Å². The molecule has 0 amide bonds. The van der Waals surface area contributed by atoms with Crippen molar-refractivity contribution in [3.8, 4) is 21.3 Å². The third kappa shape index (κ3) is 7.22. The van der Waals surface area contributed by atoms with Crippen molar-refractivity contribution in [3.63, 3.8) is 0 Å². The van der Waals surface area contributed by atoms with E-state index in [0.29, 0.717) is 52.9 Å². The molecule has 2 aromatic rings. The molecule has 2 aromatic heterocycles. The van der Waals surface area contributed by atoms with Crippen LogP contribution in [0, 0.1) is 10.8 Å². The molecule has 2 rings (SSSR count). The van der Waals surface area contributed by atoms with Crippen LogP contribution in [0.3, 0.4) is 0 Å². The van der Waals surface area contributed by atoms with Gasteiger partial charge in [0.1, 0.15) is 24.7 Å². The molecule has 6 nitrogen and oxygen atoms in total. The summed E-state index contributed by atoms with van der Waals surface area (Å²) in [6.07, 6.45) is 0. The summed E-state index contributed by atoms with van der Waals surface area (Å²) in [6, 6.07) is 3.68. The minimum Gasteiger partial charge on any atom is -0.490 e. The normalized spacial score (nSPS) is 11.0. The fraction of sp³-hybridized carbons (Fsp3) is 0.556. The first-order chi connectivity index (χ1) is 12.9. The summed E-state index contributed by atoms with van der Waals surface area (Å²) < 4.78 is 32.3. The Bertz CT molecular complexity index is 546. The number of rotatable bonds is 15. The lowest BCUT2D eigenvalue weighted by Crippen LogP contribution is -2.10. The minimum absolute atomic E-state index is 0.472. The first kappa shape index (κ1) is 21.1. The highest BCUT2D eigenvalue weighted by Crippen LogP contribution is 2.43. The fourth-order valence-corrected chi connectivity index (χ4v) is 3.60. The minimum atomic E-state index is 0.472. The Morgan fingerprint density at radius 2 is 1.08 bits per heavy atom. The smallest absolute Gasteiger partial charge is 0.139 e. The lowest BCUT2D eigenvalue weighted by atomic mass is 10.3. The first-order valence-electron chi connectivity index (χ1n) is 8.26. The van der Waals surface area contributed by atoms with E-state index in [2.05, 4.69) is 10.8 Å². The van der Waals surface area contributed by atoms with Crippen LogP contribution in [0.4, 0.5) is 0 Å². The summed E-state index contributed by atoms with van der Waals surface area (Å²) >= 11 is 2.99. The molecule has 26 heavy (non-hydrogen) atoms. The number of thiophene rings is 2. The molecule has 0 aliphatic rings. The maximum Gasteiger partial charge on any atom is 0.139 e. The summed E-state index contributed by atoms with van der Waals surface area (Å²) in [6.45, 7) is 4.25. The topological polar surface area (TPSA) is 55.4 Å². The quantitative estimate of drug-likeness (QED) is 0.428. The Labute approximate surface area is 162 Å². The van der Waals surface area contributed by atoms with Crippen molar-refractivity contribution in [2.45, 2.75) is 0 Å². The van der Waals surface area contributed by atoms with Crippen LogP contribution in [-0.2, 0) is 18.9 Å². The zero-order valence-electron chi connectivity index (χ0n) is 15.1. The van der Waals surface area contributed by atoms with Crippen molar-refractivity contribution < 1.29 is 28.4 Å². The van der Waals surface area contributed by atoms with E-state index in [1.165, 1.54) is 22.7 Å². The van der Waals surface area contributed by atoms with Crippen molar-refractivity contribution in [3.05, 3.63) is 22.9 Å². The fourth-order valence-electron chi connectivity index (χ4n) is 1.96. The molecule has 0 spiro atoms. The van der Waals surface area contributed by atoms with Gasteiger partial charge >= 0.3 is 0 Å². The summed E-state index contributed by atoms with van der Waals surface area (Å²) in [7, 11) is 3.30. The van der Waals surface area contributed by atoms with Crippen LogP contribution in [0.1, 0.15) is 0 Å². The Kier molecular flexibility index (Phi) is 10.6. The third-order valence-electron chi connectivity index (χ3n) is 3.19. The Morgan fingerprint density at radius 3 is 1.50 bits per heavy atom. The van der Waals surface area contributed by atoms with Crippen LogP contribution < -0.4 is 9.47 Å². The lowest BCUT2D eigenvalue weighted by molar-refractivity contribution is 0.0543. The number of hydrogen-bond acceptors (Lipinski definition) is 8. The van der Waals surface area contributed by atoms with E-state index in [1.54, 1.807) is 14.2 Å². The van der Waals surface area contributed by atoms with Crippen molar-refractivity contribution in [1.29, 1.82) is 0 Å². The van der Waals surface area contributed by atoms with Gasteiger partial charge in [0, 0.05) is 37.1 Å². The summed E-state index contributed by atoms with van der Waals surface area (Å²) in [5.41, 5.74) is 0. The molecule has 2 radical (unpaired) electrons. The van der Waals surface area contributed by atoms with Crippen molar-refractivity contribution >= 4 is 22.7 Å². The second-order valence-electron chi connectivity index (χ2n) is 5.02. The van der Waals surface area contributed by atoms with E-state index in [9.17, 15) is 0 Å². The van der Waals surface area contributed by atoms with Crippen molar-refractivity contribution in [1.82, 2.24) is 0 Å². The lowest BCUT2D eigenvalue weighted by Gasteiger charge is -2.10. The number of ether oxygens (including phenoxy) is 6. The van der Waals surface area contributed by atoms with E-state index in [1.807, 2.05) is 12.1 Å². The molecule has 0 aliphatic heterocycles. The maximum atomic E-state index is 5.82. The van der Waals surface area contributed by atoms with E-state index in [-0.39, 0.29) is 0 Å². The number of hydrogen-bond donors (Lipinski definition) is 0. The molecule has 0 fully saturated rings. The molecule has 0 atom stereocenters. The van der Waals surface area contributed by atoms with Gasteiger partial charge in [0.2, 0.25) is 0 Å². The van der Waals surface area contributed by atoms with Gasteiger partial charge in [0.25, 0.3) is 0 Å². The van der Waals surface area contributed by atoms with Crippen LogP contribution in [0.2, 0.25) is 0 Å². The maximum absolute atomic E-state index is 5.82. The molecule has 144 valence electrons.